The highest BCUT2D eigenvalue weighted by molar-refractivity contribution is 7.15. The molecule has 0 radical (unpaired) electrons. The zero-order valence-corrected chi connectivity index (χ0v) is 14.0. The molecule has 0 aliphatic rings. The van der Waals surface area contributed by atoms with Crippen LogP contribution >= 0.6 is 22.9 Å². The van der Waals surface area contributed by atoms with Crippen LogP contribution in [0.1, 0.15) is 15.4 Å². The Morgan fingerprint density at radius 3 is 2.68 bits per heavy atom. The SMILES string of the molecule is Cn1cc(C(=O)Nc2nnc(C(F)(F)F)s2)c(=O)c2cccc(Cl)c21. The van der Waals surface area contributed by atoms with Crippen LogP contribution < -0.4 is 10.7 Å². The average molecular weight is 389 g/mol. The Kier molecular flexibility index (Phi) is 4.25. The number of alkyl halides is 3. The maximum Gasteiger partial charge on any atom is 0.445 e. The fraction of sp³-hybridized carbons (Fsp3) is 0.143. The number of hydrogen-bond acceptors (Lipinski definition) is 5. The summed E-state index contributed by atoms with van der Waals surface area (Å²) in [6.45, 7) is 0. The van der Waals surface area contributed by atoms with Gasteiger partial charge in [0.05, 0.1) is 10.5 Å². The molecule has 0 saturated carbocycles. The molecule has 0 bridgehead atoms. The summed E-state index contributed by atoms with van der Waals surface area (Å²) < 4.78 is 39.1. The van der Waals surface area contributed by atoms with Crippen LogP contribution in [0.3, 0.4) is 0 Å². The Hall–Kier alpha value is -2.46. The molecule has 1 aromatic carbocycles. The molecule has 1 N–H and O–H groups in total. The molecular weight excluding hydrogens is 381 g/mol. The Morgan fingerprint density at radius 1 is 1.32 bits per heavy atom. The second kappa shape index (κ2) is 6.12. The van der Waals surface area contributed by atoms with Crippen molar-refractivity contribution >= 4 is 44.9 Å². The van der Waals surface area contributed by atoms with Gasteiger partial charge in [-0.25, -0.2) is 0 Å². The van der Waals surface area contributed by atoms with Crippen LogP contribution in [0.2, 0.25) is 5.02 Å². The van der Waals surface area contributed by atoms with Crippen molar-refractivity contribution in [1.29, 1.82) is 0 Å². The van der Waals surface area contributed by atoms with Gasteiger partial charge in [-0.3, -0.25) is 14.9 Å². The van der Waals surface area contributed by atoms with Crippen molar-refractivity contribution in [3.8, 4) is 0 Å². The predicted octanol–water partition coefficient (Wildman–Crippen LogP) is 3.31. The normalized spacial score (nSPS) is 11.7. The smallest absolute Gasteiger partial charge is 0.348 e. The summed E-state index contributed by atoms with van der Waals surface area (Å²) in [4.78, 5) is 24.8. The van der Waals surface area contributed by atoms with Gasteiger partial charge in [-0.05, 0) is 12.1 Å². The number of carbonyl (C=O) groups is 1. The van der Waals surface area contributed by atoms with E-state index in [0.717, 1.165) is 0 Å². The van der Waals surface area contributed by atoms with E-state index in [-0.39, 0.29) is 27.4 Å². The fourth-order valence-electron chi connectivity index (χ4n) is 2.23. The van der Waals surface area contributed by atoms with Crippen molar-refractivity contribution in [3.05, 3.63) is 50.2 Å². The van der Waals surface area contributed by atoms with Crippen LogP contribution in [0.25, 0.3) is 10.9 Å². The summed E-state index contributed by atoms with van der Waals surface area (Å²) >= 11 is 6.23. The van der Waals surface area contributed by atoms with Crippen molar-refractivity contribution < 1.29 is 18.0 Å². The lowest BCUT2D eigenvalue weighted by Gasteiger charge is -2.09. The minimum absolute atomic E-state index is 0.170. The molecule has 3 rings (SSSR count). The number of halogens is 4. The molecule has 130 valence electrons. The van der Waals surface area contributed by atoms with E-state index < -0.39 is 22.5 Å². The molecule has 0 atom stereocenters. The van der Waals surface area contributed by atoms with E-state index in [1.165, 1.54) is 16.8 Å². The number of fused-ring (bicyclic) bond motifs is 1. The van der Waals surface area contributed by atoms with Crippen molar-refractivity contribution in [2.24, 2.45) is 7.05 Å². The van der Waals surface area contributed by atoms with E-state index in [4.69, 9.17) is 11.6 Å². The first-order valence-electron chi connectivity index (χ1n) is 6.68. The summed E-state index contributed by atoms with van der Waals surface area (Å²) in [7, 11) is 1.59. The Bertz CT molecular complexity index is 1040. The fourth-order valence-corrected chi connectivity index (χ4v) is 3.15. The van der Waals surface area contributed by atoms with Crippen LogP contribution in [0, 0.1) is 0 Å². The zero-order valence-electron chi connectivity index (χ0n) is 12.4. The summed E-state index contributed by atoms with van der Waals surface area (Å²) in [6.07, 6.45) is -3.39. The molecule has 3 aromatic rings. The summed E-state index contributed by atoms with van der Waals surface area (Å²) in [6, 6.07) is 4.67. The average Bonchev–Trinajstić information content (AvgIpc) is 2.99. The Morgan fingerprint density at radius 2 is 2.04 bits per heavy atom. The third kappa shape index (κ3) is 3.22. The van der Waals surface area contributed by atoms with Gasteiger partial charge in [0.15, 0.2) is 0 Å². The number of pyridine rings is 1. The van der Waals surface area contributed by atoms with Gasteiger partial charge in [-0.15, -0.1) is 10.2 Å². The summed E-state index contributed by atoms with van der Waals surface area (Å²) in [5.74, 6) is -0.882. The number of anilines is 1. The van der Waals surface area contributed by atoms with Gasteiger partial charge >= 0.3 is 6.18 Å². The molecular formula is C14H8ClF3N4O2S. The maximum absolute atomic E-state index is 12.5. The molecule has 0 saturated heterocycles. The minimum Gasteiger partial charge on any atom is -0.348 e. The largest absolute Gasteiger partial charge is 0.445 e. The Labute approximate surface area is 146 Å². The van der Waals surface area contributed by atoms with Crippen molar-refractivity contribution in [2.45, 2.75) is 6.18 Å². The molecule has 0 fully saturated rings. The first-order valence-corrected chi connectivity index (χ1v) is 7.88. The Balaban J connectivity index is 1.99. The topological polar surface area (TPSA) is 76.9 Å². The lowest BCUT2D eigenvalue weighted by Crippen LogP contribution is -2.23. The molecule has 11 heteroatoms. The summed E-state index contributed by atoms with van der Waals surface area (Å²) in [5.41, 5.74) is -0.393. The van der Waals surface area contributed by atoms with E-state index in [9.17, 15) is 22.8 Å². The van der Waals surface area contributed by atoms with E-state index in [0.29, 0.717) is 10.5 Å². The van der Waals surface area contributed by atoms with Gasteiger partial charge in [-0.1, -0.05) is 29.0 Å². The molecule has 25 heavy (non-hydrogen) atoms. The highest BCUT2D eigenvalue weighted by Gasteiger charge is 2.36. The number of nitrogens with zero attached hydrogens (tertiary/aromatic N) is 3. The van der Waals surface area contributed by atoms with Crippen LogP contribution in [0.5, 0.6) is 0 Å². The number of para-hydroxylation sites is 1. The third-order valence-corrected chi connectivity index (χ3v) is 4.47. The van der Waals surface area contributed by atoms with Gasteiger partial charge in [0.25, 0.3) is 5.91 Å². The van der Waals surface area contributed by atoms with E-state index in [1.807, 2.05) is 0 Å². The predicted molar refractivity (Wildman–Crippen MR) is 87.1 cm³/mol. The second-order valence-electron chi connectivity index (χ2n) is 4.98. The van der Waals surface area contributed by atoms with E-state index in [1.54, 1.807) is 19.2 Å². The van der Waals surface area contributed by atoms with Crippen LogP contribution in [-0.2, 0) is 13.2 Å². The number of aromatic nitrogens is 3. The number of hydrogen-bond donors (Lipinski definition) is 1. The van der Waals surface area contributed by atoms with E-state index >= 15 is 0 Å². The minimum atomic E-state index is -4.66. The first-order chi connectivity index (χ1) is 11.7. The highest BCUT2D eigenvalue weighted by atomic mass is 35.5. The molecule has 6 nitrogen and oxygen atoms in total. The second-order valence-corrected chi connectivity index (χ2v) is 6.37. The van der Waals surface area contributed by atoms with Crippen LogP contribution in [-0.4, -0.2) is 20.7 Å². The van der Waals surface area contributed by atoms with Gasteiger partial charge in [0, 0.05) is 18.6 Å². The maximum atomic E-state index is 12.5. The lowest BCUT2D eigenvalue weighted by molar-refractivity contribution is -0.138. The third-order valence-electron chi connectivity index (χ3n) is 3.28. The molecule has 0 unspecified atom stereocenters. The number of benzene rings is 1. The van der Waals surface area contributed by atoms with Crippen molar-refractivity contribution in [1.82, 2.24) is 14.8 Å². The molecule has 1 amide bonds. The number of amides is 1. The van der Waals surface area contributed by atoms with Gasteiger partial charge in [0.2, 0.25) is 15.6 Å². The van der Waals surface area contributed by atoms with Gasteiger partial charge < -0.3 is 4.57 Å². The number of aryl methyl sites for hydroxylation is 1. The number of rotatable bonds is 2. The first kappa shape index (κ1) is 17.4. The van der Waals surface area contributed by atoms with Crippen molar-refractivity contribution in [2.75, 3.05) is 5.32 Å². The number of nitrogens with one attached hydrogen (secondary N) is 1. The quantitative estimate of drug-likeness (QED) is 0.730. The number of carbonyl (C=O) groups excluding carboxylic acids is 1. The van der Waals surface area contributed by atoms with Gasteiger partial charge in [0.1, 0.15) is 5.56 Å². The lowest BCUT2D eigenvalue weighted by atomic mass is 10.1. The van der Waals surface area contributed by atoms with E-state index in [2.05, 4.69) is 15.5 Å². The zero-order chi connectivity index (χ0) is 18.4. The molecule has 2 heterocycles. The van der Waals surface area contributed by atoms with Crippen LogP contribution in [0.4, 0.5) is 18.3 Å². The highest BCUT2D eigenvalue weighted by Crippen LogP contribution is 2.33. The molecule has 0 aliphatic heterocycles. The standard InChI is InChI=1S/C14H8ClF3N4O2S/c1-22-5-7(10(23)6-3-2-4-8(15)9(6)22)11(24)19-13-21-20-12(25-13)14(16,17)18/h2-5H,1H3,(H,19,21,24). The molecule has 0 spiro atoms. The van der Waals surface area contributed by atoms with Gasteiger partial charge in [-0.2, -0.15) is 13.2 Å². The van der Waals surface area contributed by atoms with Crippen molar-refractivity contribution in [3.63, 3.8) is 0 Å². The summed E-state index contributed by atoms with van der Waals surface area (Å²) in [5, 5.41) is 7.39. The molecule has 2 aromatic heterocycles. The molecule has 0 aliphatic carbocycles. The monoisotopic (exact) mass is 388 g/mol. The van der Waals surface area contributed by atoms with Crippen LogP contribution in [0.15, 0.2) is 29.2 Å².